The molecule has 2 aliphatic heterocycles. The highest BCUT2D eigenvalue weighted by Gasteiger charge is 2.45. The lowest BCUT2D eigenvalue weighted by atomic mass is 9.86. The Hall–Kier alpha value is -3.47. The van der Waals surface area contributed by atoms with E-state index in [1.54, 1.807) is 17.6 Å². The Morgan fingerprint density at radius 1 is 1.24 bits per heavy atom. The number of cyclic esters (lactones) is 1. The van der Waals surface area contributed by atoms with Gasteiger partial charge in [-0.25, -0.2) is 9.78 Å². The lowest BCUT2D eigenvalue weighted by Crippen LogP contribution is -2.44. The Balaban J connectivity index is 1.75. The second-order valence-corrected chi connectivity index (χ2v) is 8.57. The van der Waals surface area contributed by atoms with Gasteiger partial charge >= 0.3 is 5.97 Å². The molecule has 33 heavy (non-hydrogen) atoms. The maximum Gasteiger partial charge on any atom is 0.343 e. The Labute approximate surface area is 191 Å². The van der Waals surface area contributed by atoms with E-state index in [4.69, 9.17) is 9.72 Å². The van der Waals surface area contributed by atoms with Crippen LogP contribution in [0.5, 0.6) is 0 Å². The van der Waals surface area contributed by atoms with Crippen LogP contribution in [0, 0.1) is 11.8 Å². The minimum atomic E-state index is -1.84. The van der Waals surface area contributed by atoms with Crippen LogP contribution in [0.3, 0.4) is 0 Å². The number of rotatable bonds is 3. The van der Waals surface area contributed by atoms with Gasteiger partial charge in [-0.15, -0.1) is 0 Å². The summed E-state index contributed by atoms with van der Waals surface area (Å²) >= 11 is 0. The smallest absolute Gasteiger partial charge is 0.343 e. The number of aliphatic hydroxyl groups is 1. The molecule has 0 saturated carbocycles. The first-order chi connectivity index (χ1) is 15.9. The molecular formula is C26H25N3O4. The fourth-order valence-corrected chi connectivity index (χ4v) is 4.55. The topological polar surface area (TPSA) is 84.7 Å². The summed E-state index contributed by atoms with van der Waals surface area (Å²) < 4.78 is 6.80. The minimum Gasteiger partial charge on any atom is -0.458 e. The van der Waals surface area contributed by atoms with Crippen LogP contribution in [0.25, 0.3) is 22.3 Å². The normalized spacial score (nSPS) is 18.4. The molecule has 0 aliphatic carbocycles. The van der Waals surface area contributed by atoms with E-state index in [0.29, 0.717) is 35.6 Å². The van der Waals surface area contributed by atoms with Gasteiger partial charge in [-0.3, -0.25) is 9.69 Å². The maximum atomic E-state index is 13.4. The predicted molar refractivity (Wildman–Crippen MR) is 125 cm³/mol. The van der Waals surface area contributed by atoms with E-state index in [0.717, 1.165) is 28.6 Å². The van der Waals surface area contributed by atoms with E-state index >= 15 is 0 Å². The SMILES string of the molecule is CCN(C)CC#Cc1c2c(nc3ccccc13)-c1cc3c(c(=O)n1C2)COC(=O)[C@]3(O)CC. The molecule has 1 aromatic carbocycles. The van der Waals surface area contributed by atoms with Crippen molar-refractivity contribution in [3.63, 3.8) is 0 Å². The number of hydrogen-bond donors (Lipinski definition) is 1. The number of nitrogens with zero attached hydrogens (tertiary/aromatic N) is 3. The summed E-state index contributed by atoms with van der Waals surface area (Å²) in [5, 5.41) is 12.0. The molecule has 168 valence electrons. The van der Waals surface area contributed by atoms with Gasteiger partial charge in [0.15, 0.2) is 5.60 Å². The van der Waals surface area contributed by atoms with Gasteiger partial charge in [0, 0.05) is 22.1 Å². The second kappa shape index (κ2) is 7.84. The molecule has 1 atom stereocenters. The quantitative estimate of drug-likeness (QED) is 0.387. The summed E-state index contributed by atoms with van der Waals surface area (Å²) in [7, 11) is 2.02. The average molecular weight is 444 g/mol. The first kappa shape index (κ1) is 21.4. The van der Waals surface area contributed by atoms with Crippen molar-refractivity contribution in [2.45, 2.75) is 39.0 Å². The summed E-state index contributed by atoms with van der Waals surface area (Å²) in [4.78, 5) is 32.8. The van der Waals surface area contributed by atoms with Crippen LogP contribution in [0.2, 0.25) is 0 Å². The number of carbonyl (C=O) groups excluding carboxylic acids is 1. The molecule has 5 rings (SSSR count). The van der Waals surface area contributed by atoms with Crippen molar-refractivity contribution in [1.29, 1.82) is 0 Å². The van der Waals surface area contributed by atoms with E-state index in [9.17, 15) is 14.7 Å². The van der Waals surface area contributed by atoms with Crippen molar-refractivity contribution in [3.05, 3.63) is 62.9 Å². The molecule has 1 N–H and O–H groups in total. The molecule has 0 fully saturated rings. The monoisotopic (exact) mass is 443 g/mol. The third-order valence-corrected chi connectivity index (χ3v) is 6.70. The first-order valence-corrected chi connectivity index (χ1v) is 11.1. The molecule has 2 aromatic heterocycles. The van der Waals surface area contributed by atoms with Crippen molar-refractivity contribution < 1.29 is 14.6 Å². The zero-order valence-corrected chi connectivity index (χ0v) is 18.9. The molecule has 3 aromatic rings. The van der Waals surface area contributed by atoms with Crippen molar-refractivity contribution in [2.75, 3.05) is 20.1 Å². The number of aromatic nitrogens is 2. The number of benzene rings is 1. The Kier molecular flexibility index (Phi) is 5.08. The number of hydrogen-bond acceptors (Lipinski definition) is 6. The van der Waals surface area contributed by atoms with Crippen molar-refractivity contribution in [1.82, 2.24) is 14.5 Å². The summed E-state index contributed by atoms with van der Waals surface area (Å²) in [5.41, 5.74) is 2.31. The molecule has 2 aliphatic rings. The van der Waals surface area contributed by atoms with Crippen LogP contribution < -0.4 is 5.56 Å². The van der Waals surface area contributed by atoms with E-state index in [1.165, 1.54) is 0 Å². The zero-order valence-electron chi connectivity index (χ0n) is 18.9. The van der Waals surface area contributed by atoms with Gasteiger partial charge in [-0.05, 0) is 32.1 Å². The molecule has 0 saturated heterocycles. The van der Waals surface area contributed by atoms with Gasteiger partial charge in [-0.1, -0.05) is 43.9 Å². The molecule has 4 heterocycles. The summed E-state index contributed by atoms with van der Waals surface area (Å²) in [6.07, 6.45) is 0.113. The molecule has 0 unspecified atom stereocenters. The van der Waals surface area contributed by atoms with Crippen LogP contribution in [0.1, 0.15) is 42.5 Å². The second-order valence-electron chi connectivity index (χ2n) is 8.57. The van der Waals surface area contributed by atoms with Gasteiger partial charge in [-0.2, -0.15) is 0 Å². The summed E-state index contributed by atoms with van der Waals surface area (Å²) in [6.45, 7) is 5.50. The summed E-state index contributed by atoms with van der Waals surface area (Å²) in [5.74, 6) is 5.87. The van der Waals surface area contributed by atoms with E-state index in [2.05, 4.69) is 23.7 Å². The molecule has 0 radical (unpaired) electrons. The Bertz CT molecular complexity index is 1430. The van der Waals surface area contributed by atoms with Crippen molar-refractivity contribution in [3.8, 4) is 23.2 Å². The van der Waals surface area contributed by atoms with Crippen LogP contribution in [-0.4, -0.2) is 45.7 Å². The van der Waals surface area contributed by atoms with Gasteiger partial charge in [0.25, 0.3) is 5.56 Å². The van der Waals surface area contributed by atoms with Crippen molar-refractivity contribution in [2.24, 2.45) is 0 Å². The molecule has 0 spiro atoms. The molecule has 0 amide bonds. The molecule has 7 heteroatoms. The molecular weight excluding hydrogens is 418 g/mol. The lowest BCUT2D eigenvalue weighted by molar-refractivity contribution is -0.172. The third kappa shape index (κ3) is 3.17. The highest BCUT2D eigenvalue weighted by atomic mass is 16.6. The molecule has 7 nitrogen and oxygen atoms in total. The van der Waals surface area contributed by atoms with Crippen LogP contribution in [0.15, 0.2) is 35.1 Å². The number of para-hydroxylation sites is 1. The van der Waals surface area contributed by atoms with Gasteiger partial charge in [0.05, 0.1) is 35.6 Å². The number of carbonyl (C=O) groups is 1. The highest BCUT2D eigenvalue weighted by molar-refractivity contribution is 5.91. The minimum absolute atomic E-state index is 0.113. The largest absolute Gasteiger partial charge is 0.458 e. The number of pyridine rings is 2. The van der Waals surface area contributed by atoms with Crippen LogP contribution >= 0.6 is 0 Å². The first-order valence-electron chi connectivity index (χ1n) is 11.1. The van der Waals surface area contributed by atoms with E-state index in [-0.39, 0.29) is 18.6 Å². The number of fused-ring (bicyclic) bond motifs is 5. The van der Waals surface area contributed by atoms with E-state index in [1.807, 2.05) is 31.3 Å². The lowest BCUT2D eigenvalue weighted by Gasteiger charge is -2.31. The highest BCUT2D eigenvalue weighted by Crippen LogP contribution is 2.39. The predicted octanol–water partition coefficient (Wildman–Crippen LogP) is 2.38. The van der Waals surface area contributed by atoms with Crippen LogP contribution in [0.4, 0.5) is 0 Å². The fraction of sp³-hybridized carbons (Fsp3) is 0.346. The fourth-order valence-electron chi connectivity index (χ4n) is 4.55. The zero-order chi connectivity index (χ0) is 23.3. The number of ether oxygens (including phenoxy) is 1. The third-order valence-electron chi connectivity index (χ3n) is 6.70. The van der Waals surface area contributed by atoms with Gasteiger partial charge < -0.3 is 14.4 Å². The maximum absolute atomic E-state index is 13.4. The van der Waals surface area contributed by atoms with Gasteiger partial charge in [0.2, 0.25) is 0 Å². The Morgan fingerprint density at radius 3 is 2.79 bits per heavy atom. The molecule has 0 bridgehead atoms. The van der Waals surface area contributed by atoms with Crippen molar-refractivity contribution >= 4 is 16.9 Å². The summed E-state index contributed by atoms with van der Waals surface area (Å²) in [6, 6.07) is 9.53. The van der Waals surface area contributed by atoms with Gasteiger partial charge in [0.1, 0.15) is 6.61 Å². The Morgan fingerprint density at radius 2 is 2.03 bits per heavy atom. The van der Waals surface area contributed by atoms with Crippen LogP contribution in [-0.2, 0) is 28.3 Å². The standard InChI is InChI=1S/C26H25N3O4/c1-4-26(32)20-13-22-23-18(14-29(22)24(30)19(20)15-33-25(26)31)16(10-8-12-28(3)5-2)17-9-6-7-11-21(17)27-23/h6-7,9,11,13,32H,4-5,12,14-15H2,1-3H3/t26-/m0/s1. The average Bonchev–Trinajstić information content (AvgIpc) is 3.20. The number of esters is 1. The van der Waals surface area contributed by atoms with E-state index < -0.39 is 11.6 Å².